The fraction of sp³-hybridized carbons (Fsp3) is 0.808. The molecule has 0 saturated heterocycles. The van der Waals surface area contributed by atoms with Gasteiger partial charge < -0.3 is 46.0 Å². The molecule has 0 amide bonds. The van der Waals surface area contributed by atoms with Crippen LogP contribution in [-0.4, -0.2) is 98.8 Å². The minimum absolute atomic E-state index is 0.0154. The first-order valence-electron chi connectivity index (χ1n) is 13.3. The number of carboxylic acids is 1. The van der Waals surface area contributed by atoms with Crippen LogP contribution >= 0.6 is 0 Å². The number of fused-ring (bicyclic) bond motifs is 3. The van der Waals surface area contributed by atoms with E-state index in [1.54, 1.807) is 0 Å². The van der Waals surface area contributed by atoms with Gasteiger partial charge in [0, 0.05) is 24.7 Å². The summed E-state index contributed by atoms with van der Waals surface area (Å²) in [7, 11) is 0. The van der Waals surface area contributed by atoms with E-state index in [-0.39, 0.29) is 30.6 Å². The smallest absolute Gasteiger partial charge is 0.342 e. The van der Waals surface area contributed by atoms with Crippen molar-refractivity contribution in [2.45, 2.75) is 93.1 Å². The molecule has 0 heterocycles. The van der Waals surface area contributed by atoms with Crippen molar-refractivity contribution in [1.82, 2.24) is 0 Å². The van der Waals surface area contributed by atoms with E-state index in [4.69, 9.17) is 0 Å². The minimum Gasteiger partial charge on any atom is -0.508 e. The van der Waals surface area contributed by atoms with Gasteiger partial charge >= 0.3 is 5.97 Å². The number of hydrogen-bond acceptors (Lipinski definition) is 11. The van der Waals surface area contributed by atoms with E-state index in [9.17, 15) is 60.3 Å². The Balaban J connectivity index is 1.54. The second-order valence-electron chi connectivity index (χ2n) is 12.3. The Morgan fingerprint density at radius 2 is 1.66 bits per heavy atom. The molecule has 5 aliphatic rings. The van der Waals surface area contributed by atoms with Crippen molar-refractivity contribution in [3.63, 3.8) is 0 Å². The van der Waals surface area contributed by atoms with Gasteiger partial charge in [-0.25, -0.2) is 4.79 Å². The molecule has 0 aromatic rings. The molecule has 0 aromatic carbocycles. The van der Waals surface area contributed by atoms with E-state index in [0.29, 0.717) is 19.3 Å². The standard InChI is InChI=1S/C26H36O12/c27-14-5-4-12(10-2-1-3-11(6-10)22(32)33)13-7-24(36)9-25(37)8-15(28)17(23(34)35)20(30)26(25,38)21(31)18(24)19(29)16(13)14/h10-14,16,18,21-22,27,30-33,36-38H,1-9H2,(H,34,35). The predicted molar refractivity (Wildman–Crippen MR) is 125 cm³/mol. The van der Waals surface area contributed by atoms with Crippen molar-refractivity contribution in [2.75, 3.05) is 0 Å². The molecule has 5 aliphatic carbocycles. The lowest BCUT2D eigenvalue weighted by atomic mass is 9.46. The molecule has 0 bridgehead atoms. The summed E-state index contributed by atoms with van der Waals surface area (Å²) in [6.45, 7) is 0. The van der Waals surface area contributed by atoms with Crippen molar-refractivity contribution in [3.05, 3.63) is 11.3 Å². The third kappa shape index (κ3) is 3.72. The number of hydrogen-bond donors (Lipinski definition) is 9. The predicted octanol–water partition coefficient (Wildman–Crippen LogP) is -1.48. The molecule has 0 spiro atoms. The molecular formula is C26H36O12. The minimum atomic E-state index is -3.11. The molecule has 212 valence electrons. The molecule has 38 heavy (non-hydrogen) atoms. The summed E-state index contributed by atoms with van der Waals surface area (Å²) in [5.74, 6) is -9.21. The average molecular weight is 541 g/mol. The van der Waals surface area contributed by atoms with Crippen LogP contribution in [0, 0.1) is 35.5 Å². The zero-order valence-corrected chi connectivity index (χ0v) is 20.8. The zero-order valence-electron chi connectivity index (χ0n) is 20.8. The van der Waals surface area contributed by atoms with Crippen molar-refractivity contribution in [2.24, 2.45) is 35.5 Å². The molecule has 9 N–H and O–H groups in total. The molecule has 4 fully saturated rings. The molecule has 12 nitrogen and oxygen atoms in total. The maximum absolute atomic E-state index is 13.9. The van der Waals surface area contributed by atoms with Crippen LogP contribution in [0.25, 0.3) is 0 Å². The number of Topliss-reactive ketones (excluding diaryl/α,β-unsaturated/α-hetero) is 2. The first-order chi connectivity index (χ1) is 17.7. The molecule has 0 radical (unpaired) electrons. The first-order valence-corrected chi connectivity index (χ1v) is 13.3. The summed E-state index contributed by atoms with van der Waals surface area (Å²) in [5, 5.41) is 96.3. The normalized spacial score (nSPS) is 49.4. The third-order valence-corrected chi connectivity index (χ3v) is 10.4. The van der Waals surface area contributed by atoms with Gasteiger partial charge in [-0.3, -0.25) is 9.59 Å². The van der Waals surface area contributed by atoms with Gasteiger partial charge in [0.15, 0.2) is 17.7 Å². The summed E-state index contributed by atoms with van der Waals surface area (Å²) >= 11 is 0. The van der Waals surface area contributed by atoms with Crippen molar-refractivity contribution in [1.29, 1.82) is 0 Å². The Morgan fingerprint density at radius 3 is 2.29 bits per heavy atom. The van der Waals surface area contributed by atoms with E-state index in [0.717, 1.165) is 12.8 Å². The van der Waals surface area contributed by atoms with E-state index < -0.39 is 94.8 Å². The summed E-state index contributed by atoms with van der Waals surface area (Å²) in [6.07, 6.45) is -3.47. The van der Waals surface area contributed by atoms with Crippen LogP contribution < -0.4 is 0 Å². The van der Waals surface area contributed by atoms with Crippen molar-refractivity contribution >= 4 is 17.5 Å². The Morgan fingerprint density at radius 1 is 0.974 bits per heavy atom. The third-order valence-electron chi connectivity index (χ3n) is 10.4. The van der Waals surface area contributed by atoms with Gasteiger partial charge in [0.25, 0.3) is 0 Å². The van der Waals surface area contributed by atoms with Crippen LogP contribution in [0.3, 0.4) is 0 Å². The summed E-state index contributed by atoms with van der Waals surface area (Å²) in [4.78, 5) is 38.0. The number of rotatable bonds is 3. The molecule has 5 rings (SSSR count). The Hall–Kier alpha value is -1.93. The summed E-state index contributed by atoms with van der Waals surface area (Å²) in [6, 6.07) is 0. The molecule has 0 aromatic heterocycles. The van der Waals surface area contributed by atoms with Gasteiger partial charge in [0.05, 0.1) is 17.6 Å². The molecule has 11 unspecified atom stereocenters. The van der Waals surface area contributed by atoms with Crippen LogP contribution in [0.2, 0.25) is 0 Å². The van der Waals surface area contributed by atoms with Crippen LogP contribution in [0.15, 0.2) is 11.3 Å². The van der Waals surface area contributed by atoms with Crippen LogP contribution in [-0.2, 0) is 14.4 Å². The number of carbonyl (C=O) groups is 3. The Labute approximate surface area is 218 Å². The van der Waals surface area contributed by atoms with E-state index in [1.165, 1.54) is 0 Å². The van der Waals surface area contributed by atoms with Gasteiger partial charge in [-0.2, -0.15) is 0 Å². The lowest BCUT2D eigenvalue weighted by Gasteiger charge is -2.62. The quantitative estimate of drug-likeness (QED) is 0.147. The Kier molecular flexibility index (Phi) is 6.58. The average Bonchev–Trinajstić information content (AvgIpc) is 2.81. The van der Waals surface area contributed by atoms with Gasteiger partial charge in [0.2, 0.25) is 0 Å². The van der Waals surface area contributed by atoms with E-state index >= 15 is 0 Å². The van der Waals surface area contributed by atoms with Crippen LogP contribution in [0.4, 0.5) is 0 Å². The number of carbonyl (C=O) groups excluding carboxylic acids is 2. The highest BCUT2D eigenvalue weighted by Crippen LogP contribution is 2.60. The number of aliphatic carboxylic acids is 1. The monoisotopic (exact) mass is 540 g/mol. The fourth-order valence-electron chi connectivity index (χ4n) is 8.75. The van der Waals surface area contributed by atoms with Gasteiger partial charge in [0.1, 0.15) is 28.8 Å². The molecule has 12 heteroatoms. The number of aliphatic hydroxyl groups excluding tert-OH is 4. The highest BCUT2D eigenvalue weighted by atomic mass is 16.5. The lowest BCUT2D eigenvalue weighted by Crippen LogP contribution is -2.78. The number of aliphatic hydroxyl groups is 8. The Bertz CT molecular complexity index is 1070. The first kappa shape index (κ1) is 27.6. The SMILES string of the molecule is O=C(O)C1=C(O)C2(O)C(O)C3C(=O)C4C(O)CCC(C5CCCC(C(O)O)C5)C4CC3(O)CC2(O)CC1=O. The highest BCUT2D eigenvalue weighted by molar-refractivity contribution is 6.18. The second kappa shape index (κ2) is 9.05. The largest absolute Gasteiger partial charge is 0.508 e. The van der Waals surface area contributed by atoms with Crippen LogP contribution in [0.5, 0.6) is 0 Å². The van der Waals surface area contributed by atoms with Gasteiger partial charge in [-0.1, -0.05) is 12.8 Å². The van der Waals surface area contributed by atoms with Crippen molar-refractivity contribution < 1.29 is 60.3 Å². The highest BCUT2D eigenvalue weighted by Gasteiger charge is 2.75. The number of ketones is 2. The maximum Gasteiger partial charge on any atom is 0.342 e. The topological polar surface area (TPSA) is 233 Å². The van der Waals surface area contributed by atoms with Crippen LogP contribution in [0.1, 0.15) is 57.8 Å². The lowest BCUT2D eigenvalue weighted by molar-refractivity contribution is -0.289. The van der Waals surface area contributed by atoms with Gasteiger partial charge in [-0.05, 0) is 49.9 Å². The number of carboxylic acid groups (broad SMARTS) is 1. The maximum atomic E-state index is 13.9. The van der Waals surface area contributed by atoms with Gasteiger partial charge in [-0.15, -0.1) is 0 Å². The molecule has 0 aliphatic heterocycles. The summed E-state index contributed by atoms with van der Waals surface area (Å²) < 4.78 is 0. The molecular weight excluding hydrogens is 504 g/mol. The van der Waals surface area contributed by atoms with Crippen molar-refractivity contribution in [3.8, 4) is 0 Å². The molecule has 4 saturated carbocycles. The molecule has 11 atom stereocenters. The fourth-order valence-corrected chi connectivity index (χ4v) is 8.75. The second-order valence-corrected chi connectivity index (χ2v) is 12.3. The van der Waals surface area contributed by atoms with E-state index in [1.807, 2.05) is 0 Å². The van der Waals surface area contributed by atoms with E-state index in [2.05, 4.69) is 0 Å². The zero-order chi connectivity index (χ0) is 27.9. The summed E-state index contributed by atoms with van der Waals surface area (Å²) in [5.41, 5.74) is -9.11.